The molecule has 8 heteroatoms. The van der Waals surface area contributed by atoms with Crippen molar-refractivity contribution in [3.05, 3.63) is 32.1 Å². The number of rotatable bonds is 4. The number of esters is 1. The Morgan fingerprint density at radius 2 is 1.95 bits per heavy atom. The van der Waals surface area contributed by atoms with Crippen molar-refractivity contribution in [3.63, 3.8) is 0 Å². The summed E-state index contributed by atoms with van der Waals surface area (Å²) in [6.07, 6.45) is 0. The third kappa shape index (κ3) is 3.49. The largest absolute Gasteiger partial charge is 0.465 e. The Morgan fingerprint density at radius 3 is 2.59 bits per heavy atom. The average Bonchev–Trinajstić information content (AvgIpc) is 2.75. The number of carbonyl (C=O) groups excluding carboxylic acids is 2. The van der Waals surface area contributed by atoms with Crippen molar-refractivity contribution in [2.45, 2.75) is 6.92 Å². The van der Waals surface area contributed by atoms with Crippen LogP contribution in [-0.2, 0) is 9.53 Å². The van der Waals surface area contributed by atoms with E-state index in [0.29, 0.717) is 20.3 Å². The van der Waals surface area contributed by atoms with Crippen LogP contribution in [0.4, 0.5) is 0 Å². The molecule has 2 aromatic rings. The molecule has 1 heterocycles. The number of fused-ring (bicyclic) bond motifs is 1. The summed E-state index contributed by atoms with van der Waals surface area (Å²) < 4.78 is 5.54. The van der Waals surface area contributed by atoms with Gasteiger partial charge in [0, 0.05) is 22.2 Å². The Hall–Kier alpha value is -1.01. The number of amides is 1. The molecular formula is C14H12Cl3NO3S. The second kappa shape index (κ2) is 7.04. The number of carbonyl (C=O) groups is 2. The lowest BCUT2D eigenvalue weighted by molar-refractivity contribution is -0.143. The standard InChI is InChI=1S/C14H12Cl3NO3S/c1-3-21-10(19)6-18(2)14(20)13-12(17)11-8(16)4-7(15)5-9(11)22-13/h4-5H,3,6H2,1-2H3. The number of ether oxygens (including phenoxy) is 1. The Kier molecular flexibility index (Phi) is 5.55. The van der Waals surface area contributed by atoms with E-state index in [1.165, 1.54) is 23.3 Å². The molecule has 1 aromatic carbocycles. The molecule has 0 fully saturated rings. The van der Waals surface area contributed by atoms with Gasteiger partial charge in [0.25, 0.3) is 5.91 Å². The number of halogens is 3. The highest BCUT2D eigenvalue weighted by Gasteiger charge is 2.23. The van der Waals surface area contributed by atoms with Gasteiger partial charge in [-0.25, -0.2) is 0 Å². The molecule has 0 saturated heterocycles. The Morgan fingerprint density at radius 1 is 1.27 bits per heavy atom. The van der Waals surface area contributed by atoms with Crippen LogP contribution in [0.3, 0.4) is 0 Å². The number of benzene rings is 1. The number of hydrogen-bond acceptors (Lipinski definition) is 4. The van der Waals surface area contributed by atoms with E-state index in [4.69, 9.17) is 39.5 Å². The second-order valence-corrected chi connectivity index (χ2v) is 6.75. The molecular weight excluding hydrogens is 369 g/mol. The minimum Gasteiger partial charge on any atom is -0.465 e. The summed E-state index contributed by atoms with van der Waals surface area (Å²) >= 11 is 19.5. The van der Waals surface area contributed by atoms with Crippen molar-refractivity contribution in [2.75, 3.05) is 20.2 Å². The van der Waals surface area contributed by atoms with E-state index < -0.39 is 5.97 Å². The summed E-state index contributed by atoms with van der Waals surface area (Å²) in [6.45, 7) is 1.82. The van der Waals surface area contributed by atoms with Gasteiger partial charge in [-0.3, -0.25) is 9.59 Å². The number of hydrogen-bond donors (Lipinski definition) is 0. The third-order valence-electron chi connectivity index (χ3n) is 2.86. The fraction of sp³-hybridized carbons (Fsp3) is 0.286. The monoisotopic (exact) mass is 379 g/mol. The zero-order valence-electron chi connectivity index (χ0n) is 11.8. The van der Waals surface area contributed by atoms with E-state index in [9.17, 15) is 9.59 Å². The van der Waals surface area contributed by atoms with Gasteiger partial charge in [0.1, 0.15) is 11.4 Å². The summed E-state index contributed by atoms with van der Waals surface area (Å²) in [5, 5.41) is 1.71. The van der Waals surface area contributed by atoms with Gasteiger partial charge >= 0.3 is 5.97 Å². The van der Waals surface area contributed by atoms with Crippen molar-refractivity contribution in [3.8, 4) is 0 Å². The van der Waals surface area contributed by atoms with E-state index in [-0.39, 0.29) is 24.1 Å². The maximum absolute atomic E-state index is 12.4. The Bertz CT molecular complexity index is 744. The molecule has 1 aromatic heterocycles. The molecule has 1 amide bonds. The minimum atomic E-state index is -0.475. The second-order valence-electron chi connectivity index (χ2n) is 4.47. The van der Waals surface area contributed by atoms with Crippen LogP contribution in [0.5, 0.6) is 0 Å². The van der Waals surface area contributed by atoms with Gasteiger partial charge < -0.3 is 9.64 Å². The molecule has 0 aliphatic rings. The zero-order valence-corrected chi connectivity index (χ0v) is 14.9. The maximum Gasteiger partial charge on any atom is 0.325 e. The highest BCUT2D eigenvalue weighted by Crippen LogP contribution is 2.41. The van der Waals surface area contributed by atoms with Crippen LogP contribution in [0.1, 0.15) is 16.6 Å². The summed E-state index contributed by atoms with van der Waals surface area (Å²) in [4.78, 5) is 25.5. The Labute approximate surface area is 146 Å². The minimum absolute atomic E-state index is 0.147. The lowest BCUT2D eigenvalue weighted by Crippen LogP contribution is -2.32. The van der Waals surface area contributed by atoms with Crippen molar-refractivity contribution in [1.29, 1.82) is 0 Å². The highest BCUT2D eigenvalue weighted by atomic mass is 35.5. The highest BCUT2D eigenvalue weighted by molar-refractivity contribution is 7.21. The smallest absolute Gasteiger partial charge is 0.325 e. The van der Waals surface area contributed by atoms with Crippen molar-refractivity contribution >= 4 is 68.1 Å². The van der Waals surface area contributed by atoms with Crippen LogP contribution in [0.25, 0.3) is 10.1 Å². The molecule has 0 unspecified atom stereocenters. The van der Waals surface area contributed by atoms with Crippen molar-refractivity contribution < 1.29 is 14.3 Å². The summed E-state index contributed by atoms with van der Waals surface area (Å²) in [5.74, 6) is -0.844. The molecule has 118 valence electrons. The number of likely N-dealkylation sites (N-methyl/N-ethyl adjacent to an activating group) is 1. The van der Waals surface area contributed by atoms with Crippen LogP contribution >= 0.6 is 46.1 Å². The van der Waals surface area contributed by atoms with Crippen LogP contribution in [0, 0.1) is 0 Å². The van der Waals surface area contributed by atoms with E-state index in [1.807, 2.05) is 0 Å². The van der Waals surface area contributed by atoms with Crippen LogP contribution < -0.4 is 0 Å². The molecule has 4 nitrogen and oxygen atoms in total. The zero-order chi connectivity index (χ0) is 16.4. The van der Waals surface area contributed by atoms with Crippen LogP contribution in [0.15, 0.2) is 12.1 Å². The number of thiophene rings is 1. The van der Waals surface area contributed by atoms with Crippen LogP contribution in [-0.4, -0.2) is 37.0 Å². The molecule has 0 spiro atoms. The fourth-order valence-corrected chi connectivity index (χ4v) is 4.26. The average molecular weight is 381 g/mol. The molecule has 22 heavy (non-hydrogen) atoms. The molecule has 0 N–H and O–H groups in total. The number of nitrogens with zero attached hydrogens (tertiary/aromatic N) is 1. The first-order valence-electron chi connectivity index (χ1n) is 6.33. The molecule has 0 bridgehead atoms. The first kappa shape index (κ1) is 17.3. The summed E-state index contributed by atoms with van der Waals surface area (Å²) in [6, 6.07) is 3.27. The maximum atomic E-state index is 12.4. The normalized spacial score (nSPS) is 10.8. The molecule has 2 rings (SSSR count). The van der Waals surface area contributed by atoms with Gasteiger partial charge in [-0.15, -0.1) is 11.3 Å². The van der Waals surface area contributed by atoms with Crippen molar-refractivity contribution in [2.24, 2.45) is 0 Å². The first-order chi connectivity index (χ1) is 10.3. The quantitative estimate of drug-likeness (QED) is 0.734. The molecule has 0 atom stereocenters. The SMILES string of the molecule is CCOC(=O)CN(C)C(=O)c1sc2cc(Cl)cc(Cl)c2c1Cl. The van der Waals surface area contributed by atoms with Gasteiger partial charge in [-0.2, -0.15) is 0 Å². The molecule has 0 aliphatic carbocycles. The van der Waals surface area contributed by atoms with E-state index in [2.05, 4.69) is 0 Å². The van der Waals surface area contributed by atoms with Gasteiger partial charge in [-0.1, -0.05) is 34.8 Å². The lowest BCUT2D eigenvalue weighted by atomic mass is 10.2. The Balaban J connectivity index is 2.34. The molecule has 0 saturated carbocycles. The van der Waals surface area contributed by atoms with E-state index in [0.717, 1.165) is 4.70 Å². The summed E-state index contributed by atoms with van der Waals surface area (Å²) in [7, 11) is 1.51. The van der Waals surface area contributed by atoms with Crippen molar-refractivity contribution in [1.82, 2.24) is 4.90 Å². The van der Waals surface area contributed by atoms with E-state index in [1.54, 1.807) is 19.1 Å². The predicted octanol–water partition coefficient (Wildman–Crippen LogP) is 4.50. The summed E-state index contributed by atoms with van der Waals surface area (Å²) in [5.41, 5.74) is 0. The molecule has 0 radical (unpaired) electrons. The first-order valence-corrected chi connectivity index (χ1v) is 8.28. The van der Waals surface area contributed by atoms with Gasteiger partial charge in [0.2, 0.25) is 0 Å². The predicted molar refractivity (Wildman–Crippen MR) is 90.4 cm³/mol. The third-order valence-corrected chi connectivity index (χ3v) is 4.99. The van der Waals surface area contributed by atoms with Gasteiger partial charge in [-0.05, 0) is 19.1 Å². The topological polar surface area (TPSA) is 46.6 Å². The van der Waals surface area contributed by atoms with Crippen LogP contribution in [0.2, 0.25) is 15.1 Å². The van der Waals surface area contributed by atoms with Gasteiger partial charge in [0.05, 0.1) is 16.7 Å². The fourth-order valence-electron chi connectivity index (χ4n) is 1.89. The lowest BCUT2D eigenvalue weighted by Gasteiger charge is -2.15. The molecule has 0 aliphatic heterocycles. The van der Waals surface area contributed by atoms with Gasteiger partial charge in [0.15, 0.2) is 0 Å². The van der Waals surface area contributed by atoms with E-state index >= 15 is 0 Å².